The van der Waals surface area contributed by atoms with Gasteiger partial charge in [-0.15, -0.1) is 0 Å². The van der Waals surface area contributed by atoms with E-state index in [1.54, 1.807) is 7.11 Å². The summed E-state index contributed by atoms with van der Waals surface area (Å²) < 4.78 is 11.6. The van der Waals surface area contributed by atoms with E-state index in [0.29, 0.717) is 5.02 Å². The Morgan fingerprint density at radius 1 is 1.22 bits per heavy atom. The van der Waals surface area contributed by atoms with Crippen molar-refractivity contribution in [3.05, 3.63) is 27.7 Å². The first-order valence-corrected chi connectivity index (χ1v) is 7.29. The van der Waals surface area contributed by atoms with Crippen LogP contribution in [-0.4, -0.2) is 33.4 Å². The largest absolute Gasteiger partial charge is 0.492 e. The molecule has 0 heterocycles. The highest BCUT2D eigenvalue weighted by Crippen LogP contribution is 2.27. The van der Waals surface area contributed by atoms with Crippen LogP contribution in [-0.2, 0) is 4.74 Å². The van der Waals surface area contributed by atoms with Gasteiger partial charge in [-0.1, -0.05) is 11.6 Å². The molecule has 18 heavy (non-hydrogen) atoms. The van der Waals surface area contributed by atoms with Crippen LogP contribution in [0.15, 0.2) is 22.7 Å². The van der Waals surface area contributed by atoms with E-state index in [1.807, 2.05) is 18.2 Å². The molecule has 1 aromatic carbocycles. The Balaban J connectivity index is 2.07. The molecular formula is C13H20BrClNO2+. The fraction of sp³-hybridized carbons (Fsp3) is 0.538. The van der Waals surface area contributed by atoms with Crippen LogP contribution < -0.4 is 10.1 Å². The summed E-state index contributed by atoms with van der Waals surface area (Å²) in [7, 11) is 1.73. The second-order valence-corrected chi connectivity index (χ2v) is 5.28. The lowest BCUT2D eigenvalue weighted by molar-refractivity contribution is -0.655. The van der Waals surface area contributed by atoms with Crippen molar-refractivity contribution in [1.82, 2.24) is 0 Å². The van der Waals surface area contributed by atoms with Crippen molar-refractivity contribution in [2.75, 3.05) is 33.4 Å². The summed E-state index contributed by atoms with van der Waals surface area (Å²) in [6, 6.07) is 5.56. The van der Waals surface area contributed by atoms with Gasteiger partial charge in [-0.2, -0.15) is 0 Å². The van der Waals surface area contributed by atoms with Crippen LogP contribution in [0.3, 0.4) is 0 Å². The van der Waals surface area contributed by atoms with Crippen molar-refractivity contribution in [2.45, 2.75) is 12.8 Å². The van der Waals surface area contributed by atoms with Gasteiger partial charge in [0, 0.05) is 25.0 Å². The zero-order valence-electron chi connectivity index (χ0n) is 10.6. The molecule has 0 saturated carbocycles. The molecule has 0 atom stereocenters. The minimum Gasteiger partial charge on any atom is -0.492 e. The van der Waals surface area contributed by atoms with E-state index in [-0.39, 0.29) is 0 Å². The Morgan fingerprint density at radius 3 is 2.61 bits per heavy atom. The van der Waals surface area contributed by atoms with Crippen molar-refractivity contribution in [2.24, 2.45) is 0 Å². The first-order chi connectivity index (χ1) is 8.74. The number of hydrogen-bond donors (Lipinski definition) is 1. The SMILES string of the molecule is COCCC[NH2+]CCCOc1ccc(Cl)cc1Br. The molecule has 1 rings (SSSR count). The van der Waals surface area contributed by atoms with Gasteiger partial charge in [-0.25, -0.2) is 0 Å². The Kier molecular flexibility index (Phi) is 8.42. The summed E-state index contributed by atoms with van der Waals surface area (Å²) in [6.07, 6.45) is 2.13. The first-order valence-electron chi connectivity index (χ1n) is 6.12. The fourth-order valence-electron chi connectivity index (χ4n) is 1.52. The topological polar surface area (TPSA) is 35.1 Å². The molecular weight excluding hydrogens is 318 g/mol. The summed E-state index contributed by atoms with van der Waals surface area (Å²) in [5, 5.41) is 3.00. The number of quaternary nitrogens is 1. The van der Waals surface area contributed by atoms with Crippen molar-refractivity contribution < 1.29 is 14.8 Å². The Labute approximate surface area is 122 Å². The number of benzene rings is 1. The molecule has 102 valence electrons. The molecule has 2 N–H and O–H groups in total. The lowest BCUT2D eigenvalue weighted by Crippen LogP contribution is -2.84. The molecule has 3 nitrogen and oxygen atoms in total. The van der Waals surface area contributed by atoms with Gasteiger partial charge in [-0.05, 0) is 34.1 Å². The van der Waals surface area contributed by atoms with Gasteiger partial charge in [0.25, 0.3) is 0 Å². The number of ether oxygens (including phenoxy) is 2. The third kappa shape index (κ3) is 6.59. The Morgan fingerprint density at radius 2 is 1.94 bits per heavy atom. The molecule has 0 aromatic heterocycles. The monoisotopic (exact) mass is 336 g/mol. The highest BCUT2D eigenvalue weighted by atomic mass is 79.9. The summed E-state index contributed by atoms with van der Waals surface area (Å²) >= 11 is 9.29. The Bertz CT molecular complexity index is 350. The predicted molar refractivity (Wildman–Crippen MR) is 77.4 cm³/mol. The first kappa shape index (κ1) is 15.8. The molecule has 0 saturated heterocycles. The number of nitrogens with two attached hydrogens (primary N) is 1. The molecule has 0 aliphatic rings. The van der Waals surface area contributed by atoms with Crippen LogP contribution in [0, 0.1) is 0 Å². The molecule has 0 bridgehead atoms. The van der Waals surface area contributed by atoms with Crippen LogP contribution in [0.25, 0.3) is 0 Å². The summed E-state index contributed by atoms with van der Waals surface area (Å²) in [4.78, 5) is 0. The number of halogens is 2. The maximum absolute atomic E-state index is 5.86. The van der Waals surface area contributed by atoms with E-state index >= 15 is 0 Å². The van der Waals surface area contributed by atoms with Crippen LogP contribution >= 0.6 is 27.5 Å². The maximum atomic E-state index is 5.86. The maximum Gasteiger partial charge on any atom is 0.133 e. The van der Waals surface area contributed by atoms with Crippen LogP contribution in [0.1, 0.15) is 12.8 Å². The molecule has 0 spiro atoms. The Hall–Kier alpha value is -0.290. The van der Waals surface area contributed by atoms with Crippen molar-refractivity contribution >= 4 is 27.5 Å². The smallest absolute Gasteiger partial charge is 0.133 e. The number of methoxy groups -OCH3 is 1. The zero-order chi connectivity index (χ0) is 13.2. The van der Waals surface area contributed by atoms with Gasteiger partial charge >= 0.3 is 0 Å². The second kappa shape index (κ2) is 9.62. The van der Waals surface area contributed by atoms with Crippen molar-refractivity contribution in [3.8, 4) is 5.75 Å². The molecule has 0 aliphatic heterocycles. The van der Waals surface area contributed by atoms with Crippen molar-refractivity contribution in [3.63, 3.8) is 0 Å². The fourth-order valence-corrected chi connectivity index (χ4v) is 2.32. The van der Waals surface area contributed by atoms with Crippen LogP contribution in [0.2, 0.25) is 5.02 Å². The summed E-state index contributed by atoms with van der Waals surface area (Å²) in [5.41, 5.74) is 0. The van der Waals surface area contributed by atoms with Gasteiger partial charge in [0.1, 0.15) is 5.75 Å². The molecule has 0 fully saturated rings. The molecule has 0 unspecified atom stereocenters. The van der Waals surface area contributed by atoms with E-state index in [4.69, 9.17) is 21.1 Å². The number of hydrogen-bond acceptors (Lipinski definition) is 2. The average Bonchev–Trinajstić information content (AvgIpc) is 2.35. The van der Waals surface area contributed by atoms with E-state index in [2.05, 4.69) is 21.2 Å². The molecule has 0 amide bonds. The summed E-state index contributed by atoms with van der Waals surface area (Å²) in [5.74, 6) is 0.846. The van der Waals surface area contributed by atoms with Gasteiger partial charge in [0.15, 0.2) is 0 Å². The van der Waals surface area contributed by atoms with E-state index in [0.717, 1.165) is 49.4 Å². The van der Waals surface area contributed by atoms with E-state index in [1.165, 1.54) is 0 Å². The molecule has 0 aliphatic carbocycles. The van der Waals surface area contributed by atoms with Crippen LogP contribution in [0.4, 0.5) is 0 Å². The molecule has 1 aromatic rings. The van der Waals surface area contributed by atoms with Crippen molar-refractivity contribution in [1.29, 1.82) is 0 Å². The van der Waals surface area contributed by atoms with Crippen LogP contribution in [0.5, 0.6) is 5.75 Å². The van der Waals surface area contributed by atoms with Gasteiger partial charge in [0.2, 0.25) is 0 Å². The lowest BCUT2D eigenvalue weighted by atomic mass is 10.3. The number of rotatable bonds is 9. The second-order valence-electron chi connectivity index (χ2n) is 3.99. The molecule has 5 heteroatoms. The highest BCUT2D eigenvalue weighted by molar-refractivity contribution is 9.10. The standard InChI is InChI=1S/C13H19BrClNO2/c1-17-8-2-6-16-7-3-9-18-13-5-4-11(15)10-12(13)14/h4-5,10,16H,2-3,6-9H2,1H3/p+1. The van der Waals surface area contributed by atoms with Gasteiger partial charge < -0.3 is 14.8 Å². The highest BCUT2D eigenvalue weighted by Gasteiger charge is 2.01. The van der Waals surface area contributed by atoms with E-state index in [9.17, 15) is 0 Å². The predicted octanol–water partition coefficient (Wildman–Crippen LogP) is 2.47. The third-order valence-electron chi connectivity index (χ3n) is 2.46. The minimum absolute atomic E-state index is 0.709. The normalized spacial score (nSPS) is 10.6. The minimum atomic E-state index is 0.709. The molecule has 0 radical (unpaired) electrons. The van der Waals surface area contributed by atoms with Gasteiger partial charge in [0.05, 0.1) is 30.8 Å². The quantitative estimate of drug-likeness (QED) is 0.703. The van der Waals surface area contributed by atoms with E-state index < -0.39 is 0 Å². The summed E-state index contributed by atoms with van der Waals surface area (Å²) in [6.45, 7) is 3.75. The third-order valence-corrected chi connectivity index (χ3v) is 3.32. The lowest BCUT2D eigenvalue weighted by Gasteiger charge is -2.08. The van der Waals surface area contributed by atoms with Gasteiger partial charge in [-0.3, -0.25) is 0 Å². The zero-order valence-corrected chi connectivity index (χ0v) is 13.0. The average molecular weight is 338 g/mol.